The first-order valence-electron chi connectivity index (χ1n) is 8.02. The molecule has 1 aliphatic rings. The van der Waals surface area contributed by atoms with Crippen molar-refractivity contribution < 1.29 is 14.6 Å². The second-order valence-electron chi connectivity index (χ2n) is 6.02. The van der Waals surface area contributed by atoms with Crippen molar-refractivity contribution in [2.75, 3.05) is 7.11 Å². The first-order chi connectivity index (χ1) is 13.2. The molecule has 0 bridgehead atoms. The van der Waals surface area contributed by atoms with E-state index in [1.54, 1.807) is 12.1 Å². The fourth-order valence-electron chi connectivity index (χ4n) is 2.60. The van der Waals surface area contributed by atoms with Gasteiger partial charge in [-0.3, -0.25) is 4.79 Å². The molecule has 146 valence electrons. The minimum absolute atomic E-state index is 0.0109. The standard InChI is InChI=1S/C19H15Br3N2O3S/c1-8-4-11(5-9(2)14(8)20)23-19-24-18(26)13(28-19)7-10-6-12(27-3)17(25)16(22)15(10)21/h4-7,25H,1-3H3,(H,23,24,26)/b13-7-. The largest absolute Gasteiger partial charge is 0.503 e. The minimum Gasteiger partial charge on any atom is -0.503 e. The summed E-state index contributed by atoms with van der Waals surface area (Å²) in [7, 11) is 1.47. The zero-order chi connectivity index (χ0) is 20.6. The lowest BCUT2D eigenvalue weighted by Crippen LogP contribution is -2.19. The predicted molar refractivity (Wildman–Crippen MR) is 124 cm³/mol. The Balaban J connectivity index is 1.94. The topological polar surface area (TPSA) is 70.9 Å². The van der Waals surface area contributed by atoms with E-state index < -0.39 is 0 Å². The second-order valence-corrected chi connectivity index (χ2v) is 9.43. The summed E-state index contributed by atoms with van der Waals surface area (Å²) in [5.41, 5.74) is 3.62. The summed E-state index contributed by atoms with van der Waals surface area (Å²) in [6.45, 7) is 4.00. The molecule has 28 heavy (non-hydrogen) atoms. The third-order valence-electron chi connectivity index (χ3n) is 3.98. The zero-order valence-corrected chi connectivity index (χ0v) is 20.6. The zero-order valence-electron chi connectivity index (χ0n) is 15.1. The number of aliphatic imine (C=N–C) groups is 1. The average Bonchev–Trinajstić information content (AvgIpc) is 2.99. The van der Waals surface area contributed by atoms with E-state index in [1.807, 2.05) is 26.0 Å². The number of benzene rings is 2. The molecular formula is C19H15Br3N2O3S. The smallest absolute Gasteiger partial charge is 0.264 e. The van der Waals surface area contributed by atoms with E-state index in [2.05, 4.69) is 58.1 Å². The van der Waals surface area contributed by atoms with Crippen LogP contribution in [-0.4, -0.2) is 23.3 Å². The highest BCUT2D eigenvalue weighted by atomic mass is 79.9. The van der Waals surface area contributed by atoms with E-state index in [0.717, 1.165) is 21.3 Å². The Kier molecular flexibility index (Phi) is 6.58. The molecule has 2 aromatic carbocycles. The van der Waals surface area contributed by atoms with E-state index in [-0.39, 0.29) is 11.7 Å². The Morgan fingerprint density at radius 3 is 2.36 bits per heavy atom. The highest BCUT2D eigenvalue weighted by Gasteiger charge is 2.25. The van der Waals surface area contributed by atoms with E-state index in [4.69, 9.17) is 4.74 Å². The van der Waals surface area contributed by atoms with E-state index in [1.165, 1.54) is 18.9 Å². The molecule has 1 fully saturated rings. The van der Waals surface area contributed by atoms with Crippen LogP contribution in [0, 0.1) is 13.8 Å². The Morgan fingerprint density at radius 2 is 1.75 bits per heavy atom. The van der Waals surface area contributed by atoms with Gasteiger partial charge in [0.1, 0.15) is 0 Å². The lowest BCUT2D eigenvalue weighted by Gasteiger charge is -2.10. The minimum atomic E-state index is -0.232. The van der Waals surface area contributed by atoms with Crippen molar-refractivity contribution in [2.45, 2.75) is 13.8 Å². The van der Waals surface area contributed by atoms with Gasteiger partial charge < -0.3 is 15.2 Å². The summed E-state index contributed by atoms with van der Waals surface area (Å²) in [5, 5.41) is 13.4. The SMILES string of the molecule is COc1cc(/C=C2\SC(=Nc3cc(C)c(Br)c(C)c3)NC2=O)c(Br)c(Br)c1O. The van der Waals surface area contributed by atoms with Crippen molar-refractivity contribution in [1.82, 2.24) is 5.32 Å². The molecule has 5 nitrogen and oxygen atoms in total. The number of thioether (sulfide) groups is 1. The van der Waals surface area contributed by atoms with Gasteiger partial charge in [-0.05, 0) is 98.4 Å². The number of nitrogens with one attached hydrogen (secondary N) is 1. The monoisotopic (exact) mass is 588 g/mol. The Hall–Kier alpha value is -1.29. The normalized spacial score (nSPS) is 16.7. The van der Waals surface area contributed by atoms with E-state index in [9.17, 15) is 9.90 Å². The molecule has 1 saturated heterocycles. The second kappa shape index (κ2) is 8.61. The number of phenols is 1. The van der Waals surface area contributed by atoms with Crippen molar-refractivity contribution in [3.63, 3.8) is 0 Å². The van der Waals surface area contributed by atoms with Gasteiger partial charge in [-0.15, -0.1) is 0 Å². The lowest BCUT2D eigenvalue weighted by molar-refractivity contribution is -0.115. The number of aromatic hydroxyl groups is 1. The summed E-state index contributed by atoms with van der Waals surface area (Å²) >= 11 is 11.5. The highest BCUT2D eigenvalue weighted by Crippen LogP contribution is 2.43. The first-order valence-corrected chi connectivity index (χ1v) is 11.2. The van der Waals surface area contributed by atoms with Crippen LogP contribution in [-0.2, 0) is 4.79 Å². The van der Waals surface area contributed by atoms with Crippen molar-refractivity contribution in [3.8, 4) is 11.5 Å². The van der Waals surface area contributed by atoms with Gasteiger partial charge >= 0.3 is 0 Å². The molecule has 1 aliphatic heterocycles. The summed E-state index contributed by atoms with van der Waals surface area (Å²) in [6.07, 6.45) is 1.72. The molecule has 0 spiro atoms. The number of ether oxygens (including phenoxy) is 1. The molecule has 0 aromatic heterocycles. The van der Waals surface area contributed by atoms with Crippen LogP contribution < -0.4 is 10.1 Å². The third kappa shape index (κ3) is 4.32. The van der Waals surface area contributed by atoms with E-state index in [0.29, 0.717) is 30.3 Å². The van der Waals surface area contributed by atoms with Gasteiger partial charge in [-0.25, -0.2) is 4.99 Å². The van der Waals surface area contributed by atoms with Crippen LogP contribution in [0.2, 0.25) is 0 Å². The molecule has 1 heterocycles. The van der Waals surface area contributed by atoms with Crippen LogP contribution >= 0.6 is 59.6 Å². The summed E-state index contributed by atoms with van der Waals surface area (Å²) in [4.78, 5) is 17.4. The number of aryl methyl sites for hydroxylation is 2. The molecule has 2 aromatic rings. The fourth-order valence-corrected chi connectivity index (χ4v) is 4.50. The number of phenolic OH excluding ortho intramolecular Hbond substituents is 1. The Bertz CT molecular complexity index is 1030. The molecule has 0 radical (unpaired) electrons. The molecule has 0 unspecified atom stereocenters. The molecule has 9 heteroatoms. The number of rotatable bonds is 3. The molecule has 0 atom stereocenters. The van der Waals surface area contributed by atoms with Gasteiger partial charge in [0.2, 0.25) is 0 Å². The van der Waals surface area contributed by atoms with Crippen molar-refractivity contribution >= 4 is 82.4 Å². The molecule has 3 rings (SSSR count). The number of hydrogen-bond acceptors (Lipinski definition) is 5. The Labute approximate surface area is 192 Å². The van der Waals surface area contributed by atoms with Crippen LogP contribution in [0.25, 0.3) is 6.08 Å². The molecule has 0 saturated carbocycles. The van der Waals surface area contributed by atoms with Gasteiger partial charge in [0, 0.05) is 8.95 Å². The molecule has 0 aliphatic carbocycles. The van der Waals surface area contributed by atoms with E-state index >= 15 is 0 Å². The average molecular weight is 591 g/mol. The number of amidine groups is 1. The number of halogens is 3. The number of amides is 1. The van der Waals surface area contributed by atoms with Gasteiger partial charge in [0.05, 0.1) is 22.2 Å². The summed E-state index contributed by atoms with van der Waals surface area (Å²) < 4.78 is 7.31. The van der Waals surface area contributed by atoms with Crippen molar-refractivity contribution in [1.29, 1.82) is 0 Å². The van der Waals surface area contributed by atoms with Crippen LogP contribution in [0.15, 0.2) is 41.5 Å². The Morgan fingerprint density at radius 1 is 1.11 bits per heavy atom. The maximum atomic E-state index is 12.4. The van der Waals surface area contributed by atoms with Gasteiger partial charge in [0.15, 0.2) is 16.7 Å². The van der Waals surface area contributed by atoms with Gasteiger partial charge in [-0.1, -0.05) is 15.9 Å². The van der Waals surface area contributed by atoms with Gasteiger partial charge in [0.25, 0.3) is 5.91 Å². The van der Waals surface area contributed by atoms with Crippen LogP contribution in [0.5, 0.6) is 11.5 Å². The van der Waals surface area contributed by atoms with Crippen LogP contribution in [0.1, 0.15) is 16.7 Å². The molecular weight excluding hydrogens is 576 g/mol. The van der Waals surface area contributed by atoms with Crippen molar-refractivity contribution in [2.24, 2.45) is 4.99 Å². The maximum Gasteiger partial charge on any atom is 0.264 e. The lowest BCUT2D eigenvalue weighted by atomic mass is 10.1. The maximum absolute atomic E-state index is 12.4. The summed E-state index contributed by atoms with van der Waals surface area (Å²) in [5.74, 6) is 0.0627. The number of nitrogens with zero attached hydrogens (tertiary/aromatic N) is 1. The summed E-state index contributed by atoms with van der Waals surface area (Å²) in [6, 6.07) is 5.57. The number of carbonyl (C=O) groups excluding carboxylic acids is 1. The molecule has 2 N–H and O–H groups in total. The molecule has 1 amide bonds. The number of carbonyl (C=O) groups is 1. The fraction of sp³-hybridized carbons (Fsp3) is 0.158. The third-order valence-corrected chi connectivity index (χ3v) is 8.30. The van der Waals surface area contributed by atoms with Gasteiger partial charge in [-0.2, -0.15) is 0 Å². The number of hydrogen-bond donors (Lipinski definition) is 2. The van der Waals surface area contributed by atoms with Crippen molar-refractivity contribution in [3.05, 3.63) is 53.2 Å². The first kappa shape index (κ1) is 21.4. The quantitative estimate of drug-likeness (QED) is 0.418. The number of methoxy groups -OCH3 is 1. The highest BCUT2D eigenvalue weighted by molar-refractivity contribution is 9.13. The predicted octanol–water partition coefficient (Wildman–Crippen LogP) is 6.20. The van der Waals surface area contributed by atoms with Crippen LogP contribution in [0.4, 0.5) is 5.69 Å². The van der Waals surface area contributed by atoms with Crippen LogP contribution in [0.3, 0.4) is 0 Å².